The van der Waals surface area contributed by atoms with E-state index in [1.807, 2.05) is 24.3 Å². The topological polar surface area (TPSA) is 79.5 Å². The fourth-order valence-corrected chi connectivity index (χ4v) is 1.88. The Labute approximate surface area is 144 Å². The van der Waals surface area contributed by atoms with Gasteiger partial charge in [0.05, 0.1) is 0 Å². The van der Waals surface area contributed by atoms with Gasteiger partial charge in [0, 0.05) is 18.8 Å². The minimum Gasteiger partial charge on any atom is -0.444 e. The number of alkyl carbamates (subject to hydrolysis) is 1. The number of carbonyl (C=O) groups is 2. The van der Waals surface area contributed by atoms with E-state index < -0.39 is 11.7 Å². The van der Waals surface area contributed by atoms with E-state index in [4.69, 9.17) is 4.74 Å². The van der Waals surface area contributed by atoms with Crippen LogP contribution in [0.5, 0.6) is 0 Å². The lowest BCUT2D eigenvalue weighted by Crippen LogP contribution is -2.39. The third-order valence-corrected chi connectivity index (χ3v) is 3.09. The van der Waals surface area contributed by atoms with E-state index in [1.54, 1.807) is 20.8 Å². The minimum absolute atomic E-state index is 0.0775. The number of benzene rings is 1. The monoisotopic (exact) mass is 335 g/mol. The van der Waals surface area contributed by atoms with Gasteiger partial charge in [-0.15, -0.1) is 0 Å². The number of nitrogens with one attached hydrogen (secondary N) is 3. The maximum atomic E-state index is 11.8. The van der Waals surface area contributed by atoms with Crippen LogP contribution < -0.4 is 16.0 Å². The van der Waals surface area contributed by atoms with Gasteiger partial charge in [-0.05, 0) is 43.9 Å². The largest absolute Gasteiger partial charge is 0.444 e. The molecule has 6 nitrogen and oxygen atoms in total. The van der Waals surface area contributed by atoms with Crippen molar-refractivity contribution in [2.75, 3.05) is 18.4 Å². The van der Waals surface area contributed by atoms with E-state index >= 15 is 0 Å². The Hall–Kier alpha value is -2.24. The average Bonchev–Trinajstić information content (AvgIpc) is 2.41. The van der Waals surface area contributed by atoms with E-state index in [1.165, 1.54) is 5.56 Å². The van der Waals surface area contributed by atoms with E-state index in [-0.39, 0.29) is 11.4 Å². The molecule has 24 heavy (non-hydrogen) atoms. The van der Waals surface area contributed by atoms with Gasteiger partial charge in [-0.1, -0.05) is 32.9 Å². The number of rotatable bonds is 4. The predicted molar refractivity (Wildman–Crippen MR) is 96.4 cm³/mol. The van der Waals surface area contributed by atoms with Crippen molar-refractivity contribution in [2.45, 2.75) is 52.6 Å². The molecule has 0 aliphatic rings. The van der Waals surface area contributed by atoms with Gasteiger partial charge >= 0.3 is 12.1 Å². The first-order valence-electron chi connectivity index (χ1n) is 8.09. The predicted octanol–water partition coefficient (Wildman–Crippen LogP) is 3.63. The number of amides is 3. The van der Waals surface area contributed by atoms with Crippen molar-refractivity contribution in [3.63, 3.8) is 0 Å². The maximum absolute atomic E-state index is 11.8. The number of urea groups is 1. The van der Waals surface area contributed by atoms with Crippen molar-refractivity contribution in [3.05, 3.63) is 29.8 Å². The molecule has 0 saturated heterocycles. The zero-order chi connectivity index (χ0) is 18.4. The number of hydrogen-bond donors (Lipinski definition) is 3. The van der Waals surface area contributed by atoms with Crippen LogP contribution in [0.15, 0.2) is 24.3 Å². The molecule has 1 aromatic rings. The lowest BCUT2D eigenvalue weighted by atomic mass is 9.87. The molecule has 0 bridgehead atoms. The first kappa shape index (κ1) is 19.8. The Bertz CT molecular complexity index is 554. The first-order chi connectivity index (χ1) is 11.0. The van der Waals surface area contributed by atoms with Crippen LogP contribution in [0.2, 0.25) is 0 Å². The average molecular weight is 335 g/mol. The molecule has 0 aliphatic carbocycles. The van der Waals surface area contributed by atoms with Crippen molar-refractivity contribution in [3.8, 4) is 0 Å². The van der Waals surface area contributed by atoms with Crippen LogP contribution in [-0.4, -0.2) is 30.8 Å². The van der Waals surface area contributed by atoms with E-state index in [9.17, 15) is 9.59 Å². The number of hydrogen-bond acceptors (Lipinski definition) is 3. The lowest BCUT2D eigenvalue weighted by molar-refractivity contribution is 0.0528. The first-order valence-corrected chi connectivity index (χ1v) is 8.09. The van der Waals surface area contributed by atoms with Crippen LogP contribution in [0.4, 0.5) is 15.3 Å². The Balaban J connectivity index is 2.31. The van der Waals surface area contributed by atoms with Gasteiger partial charge in [0.15, 0.2) is 0 Å². The molecule has 0 atom stereocenters. The Kier molecular flexibility index (Phi) is 6.63. The van der Waals surface area contributed by atoms with E-state index in [2.05, 4.69) is 36.7 Å². The number of ether oxygens (including phenoxy) is 1. The zero-order valence-corrected chi connectivity index (χ0v) is 15.4. The molecule has 1 rings (SSSR count). The highest BCUT2D eigenvalue weighted by Crippen LogP contribution is 2.23. The molecule has 0 aromatic heterocycles. The molecule has 1 aromatic carbocycles. The van der Waals surface area contributed by atoms with Crippen molar-refractivity contribution >= 4 is 17.8 Å². The van der Waals surface area contributed by atoms with Crippen LogP contribution in [0.1, 0.15) is 47.1 Å². The number of carbonyl (C=O) groups excluding carboxylic acids is 2. The fourth-order valence-electron chi connectivity index (χ4n) is 1.88. The summed E-state index contributed by atoms with van der Waals surface area (Å²) in [5.41, 5.74) is 1.47. The highest BCUT2D eigenvalue weighted by molar-refractivity contribution is 5.89. The van der Waals surface area contributed by atoms with Crippen LogP contribution in [0, 0.1) is 0 Å². The molecule has 3 N–H and O–H groups in total. The third kappa shape index (κ3) is 7.85. The SMILES string of the molecule is CC(C)(C)OC(=O)NCCNC(=O)Nc1ccc(C(C)(C)C)cc1. The highest BCUT2D eigenvalue weighted by atomic mass is 16.6. The van der Waals surface area contributed by atoms with Crippen molar-refractivity contribution in [1.29, 1.82) is 0 Å². The normalized spacial score (nSPS) is 11.6. The standard InChI is InChI=1S/C18H29N3O3/c1-17(2,3)13-7-9-14(10-8-13)21-15(22)19-11-12-20-16(23)24-18(4,5)6/h7-10H,11-12H2,1-6H3,(H,20,23)(H2,19,21,22). The summed E-state index contributed by atoms with van der Waals surface area (Å²) in [5.74, 6) is 0. The van der Waals surface area contributed by atoms with Crippen LogP contribution in [0.3, 0.4) is 0 Å². The second kappa shape index (κ2) is 8.04. The van der Waals surface area contributed by atoms with Gasteiger partial charge in [-0.3, -0.25) is 0 Å². The van der Waals surface area contributed by atoms with Gasteiger partial charge in [0.1, 0.15) is 5.60 Å². The summed E-state index contributed by atoms with van der Waals surface area (Å²) >= 11 is 0. The van der Waals surface area contributed by atoms with Gasteiger partial charge < -0.3 is 20.7 Å². The molecule has 0 heterocycles. The Morgan fingerprint density at radius 2 is 1.46 bits per heavy atom. The second-order valence-electron chi connectivity index (χ2n) is 7.64. The molecular formula is C18H29N3O3. The van der Waals surface area contributed by atoms with Crippen LogP contribution >= 0.6 is 0 Å². The van der Waals surface area contributed by atoms with Crippen molar-refractivity contribution in [1.82, 2.24) is 10.6 Å². The Morgan fingerprint density at radius 1 is 0.917 bits per heavy atom. The van der Waals surface area contributed by atoms with E-state index in [0.717, 1.165) is 5.69 Å². The molecule has 0 unspecified atom stereocenters. The summed E-state index contributed by atoms with van der Waals surface area (Å²) in [6.45, 7) is 12.4. The molecule has 134 valence electrons. The van der Waals surface area contributed by atoms with Gasteiger partial charge in [0.25, 0.3) is 0 Å². The number of anilines is 1. The molecule has 0 aliphatic heterocycles. The minimum atomic E-state index is -0.534. The lowest BCUT2D eigenvalue weighted by Gasteiger charge is -2.20. The molecule has 3 amide bonds. The second-order valence-corrected chi connectivity index (χ2v) is 7.64. The summed E-state index contributed by atoms with van der Waals surface area (Å²) in [6.07, 6.45) is -0.498. The smallest absolute Gasteiger partial charge is 0.407 e. The summed E-state index contributed by atoms with van der Waals surface area (Å²) in [4.78, 5) is 23.2. The van der Waals surface area contributed by atoms with Crippen molar-refractivity contribution < 1.29 is 14.3 Å². The molecule has 0 spiro atoms. The fraction of sp³-hybridized carbons (Fsp3) is 0.556. The summed E-state index contributed by atoms with van der Waals surface area (Å²) in [5, 5.41) is 8.01. The summed E-state index contributed by atoms with van der Waals surface area (Å²) in [7, 11) is 0. The van der Waals surface area contributed by atoms with Crippen LogP contribution in [0.25, 0.3) is 0 Å². The Morgan fingerprint density at radius 3 is 1.96 bits per heavy atom. The summed E-state index contributed by atoms with van der Waals surface area (Å²) < 4.78 is 5.10. The summed E-state index contributed by atoms with van der Waals surface area (Å²) in [6, 6.07) is 7.43. The van der Waals surface area contributed by atoms with Crippen LogP contribution in [-0.2, 0) is 10.2 Å². The molecule has 0 fully saturated rings. The third-order valence-electron chi connectivity index (χ3n) is 3.09. The molecule has 6 heteroatoms. The van der Waals surface area contributed by atoms with Gasteiger partial charge in [0.2, 0.25) is 0 Å². The van der Waals surface area contributed by atoms with Gasteiger partial charge in [-0.2, -0.15) is 0 Å². The van der Waals surface area contributed by atoms with Gasteiger partial charge in [-0.25, -0.2) is 9.59 Å². The van der Waals surface area contributed by atoms with Crippen molar-refractivity contribution in [2.24, 2.45) is 0 Å². The maximum Gasteiger partial charge on any atom is 0.407 e. The van der Waals surface area contributed by atoms with E-state index in [0.29, 0.717) is 13.1 Å². The zero-order valence-electron chi connectivity index (χ0n) is 15.4. The molecule has 0 radical (unpaired) electrons. The highest BCUT2D eigenvalue weighted by Gasteiger charge is 2.15. The molecular weight excluding hydrogens is 306 g/mol. The quantitative estimate of drug-likeness (QED) is 0.735. The molecule has 0 saturated carbocycles.